The van der Waals surface area contributed by atoms with E-state index in [-0.39, 0.29) is 9.79 Å². The van der Waals surface area contributed by atoms with E-state index in [2.05, 4.69) is 11.6 Å². The number of methoxy groups -OCH3 is 1. The van der Waals surface area contributed by atoms with Gasteiger partial charge in [-0.15, -0.1) is 0 Å². The van der Waals surface area contributed by atoms with Gasteiger partial charge in [0.05, 0.1) is 33.8 Å². The number of hydrogen-bond donors (Lipinski definition) is 2. The Labute approximate surface area is 281 Å². The molecule has 0 amide bonds. The molecule has 7 nitrogen and oxygen atoms in total. The van der Waals surface area contributed by atoms with Crippen LogP contribution in [0.25, 0.3) is 0 Å². The summed E-state index contributed by atoms with van der Waals surface area (Å²) >= 11 is 5.91. The first kappa shape index (κ1) is 39.4. The lowest BCUT2D eigenvalue weighted by molar-refractivity contribution is -0.136. The molecule has 0 atom stereocenters. The van der Waals surface area contributed by atoms with Crippen LogP contribution in [-0.2, 0) is 39.1 Å². The molecule has 4 rings (SSSR count). The van der Waals surface area contributed by atoms with Crippen LogP contribution in [0.1, 0.15) is 57.2 Å². The van der Waals surface area contributed by atoms with Crippen molar-refractivity contribution in [2.45, 2.75) is 69.3 Å². The number of rotatable bonds is 11. The maximum Gasteiger partial charge on any atom is 0.418 e. The highest BCUT2D eigenvalue weighted by Crippen LogP contribution is 2.35. The molecule has 0 radical (unpaired) electrons. The van der Waals surface area contributed by atoms with E-state index in [1.54, 1.807) is 36.4 Å². The highest BCUT2D eigenvalue weighted by molar-refractivity contribution is 7.93. The number of nitrogens with one attached hydrogen (secondary N) is 2. The average Bonchev–Trinajstić information content (AvgIpc) is 3.03. The Morgan fingerprint density at radius 3 is 1.55 bits per heavy atom. The molecule has 0 aromatic heterocycles. The minimum absolute atomic E-state index is 0.0747. The molecule has 0 bridgehead atoms. The zero-order valence-corrected chi connectivity index (χ0v) is 29.2. The third-order valence-electron chi connectivity index (χ3n) is 6.43. The van der Waals surface area contributed by atoms with Crippen molar-refractivity contribution in [3.05, 3.63) is 113 Å². The number of anilines is 2. The summed E-state index contributed by atoms with van der Waals surface area (Å²) in [6.07, 6.45) is -0.960. The maximum absolute atomic E-state index is 12.9. The highest BCUT2D eigenvalue weighted by atomic mass is 35.5. The van der Waals surface area contributed by atoms with Crippen LogP contribution >= 0.6 is 11.6 Å². The third-order valence-corrected chi connectivity index (χ3v) is 9.43. The van der Waals surface area contributed by atoms with Gasteiger partial charge in [0.1, 0.15) is 5.75 Å². The molecular weight excluding hydrogens is 673 g/mol. The summed E-state index contributed by atoms with van der Waals surface area (Å²) < 4.78 is 97.9. The molecule has 47 heavy (non-hydrogen) atoms. The number of para-hydroxylation sites is 1. The van der Waals surface area contributed by atoms with Crippen molar-refractivity contribution >= 4 is 43.0 Å². The minimum atomic E-state index is -4.63. The summed E-state index contributed by atoms with van der Waals surface area (Å²) in [5, 5.41) is 0.428. The van der Waals surface area contributed by atoms with Gasteiger partial charge in [-0.3, -0.25) is 9.44 Å². The van der Waals surface area contributed by atoms with Crippen LogP contribution in [0.5, 0.6) is 5.75 Å². The Bertz CT molecular complexity index is 1780. The Morgan fingerprint density at radius 1 is 0.681 bits per heavy atom. The summed E-state index contributed by atoms with van der Waals surface area (Å²) in [6.45, 7) is 8.08. The van der Waals surface area contributed by atoms with Gasteiger partial charge in [-0.05, 0) is 78.6 Å². The van der Waals surface area contributed by atoms with Crippen molar-refractivity contribution in [2.24, 2.45) is 0 Å². The van der Waals surface area contributed by atoms with Gasteiger partial charge in [-0.1, -0.05) is 88.5 Å². The molecule has 0 saturated heterocycles. The number of ether oxygens (including phenoxy) is 1. The monoisotopic (exact) mass is 712 g/mol. The number of hydrogen-bond acceptors (Lipinski definition) is 5. The summed E-state index contributed by atoms with van der Waals surface area (Å²) in [7, 11) is -6.29. The first-order valence-corrected chi connectivity index (χ1v) is 18.3. The van der Waals surface area contributed by atoms with Crippen LogP contribution in [0.2, 0.25) is 5.02 Å². The zero-order chi connectivity index (χ0) is 35.3. The molecular formula is C34H40ClF3N2O5S2. The van der Waals surface area contributed by atoms with Gasteiger partial charge in [0.15, 0.2) is 0 Å². The largest absolute Gasteiger partial charge is 0.495 e. The SMILES string of the molecule is CC.CCCc1ccc(S(=O)(=O)Nc2cc(Cl)ccc2OC)cc1.CCCc1ccc(S(=O)(=O)Nc2ccccc2C(F)(F)F)cc1. The highest BCUT2D eigenvalue weighted by Gasteiger charge is 2.34. The van der Waals surface area contributed by atoms with E-state index >= 15 is 0 Å². The number of aryl methyl sites for hydroxylation is 2. The summed E-state index contributed by atoms with van der Waals surface area (Å²) in [5.74, 6) is 0.413. The van der Waals surface area contributed by atoms with Gasteiger partial charge in [0.2, 0.25) is 0 Å². The topological polar surface area (TPSA) is 102 Å². The van der Waals surface area contributed by atoms with Gasteiger partial charge in [-0.25, -0.2) is 16.8 Å². The fourth-order valence-corrected chi connectivity index (χ4v) is 6.55. The molecule has 0 spiro atoms. The van der Waals surface area contributed by atoms with Gasteiger partial charge in [0.25, 0.3) is 20.0 Å². The average molecular weight is 713 g/mol. The van der Waals surface area contributed by atoms with E-state index < -0.39 is 37.5 Å². The van der Waals surface area contributed by atoms with Gasteiger partial charge in [-0.2, -0.15) is 13.2 Å². The Kier molecular flexibility index (Phi) is 15.1. The Morgan fingerprint density at radius 2 is 1.13 bits per heavy atom. The van der Waals surface area contributed by atoms with Crippen molar-refractivity contribution in [3.63, 3.8) is 0 Å². The molecule has 13 heteroatoms. The van der Waals surface area contributed by atoms with Gasteiger partial charge in [0, 0.05) is 5.02 Å². The fraction of sp³-hybridized carbons (Fsp3) is 0.294. The Hall–Kier alpha value is -3.74. The molecule has 0 heterocycles. The van der Waals surface area contributed by atoms with Gasteiger partial charge < -0.3 is 4.74 Å². The molecule has 0 saturated carbocycles. The zero-order valence-electron chi connectivity index (χ0n) is 26.9. The minimum Gasteiger partial charge on any atom is -0.495 e. The molecule has 4 aromatic rings. The lowest BCUT2D eigenvalue weighted by Gasteiger charge is -2.14. The van der Waals surface area contributed by atoms with Crippen LogP contribution in [0.15, 0.2) is 101 Å². The summed E-state index contributed by atoms with van der Waals surface area (Å²) in [4.78, 5) is 0.128. The van der Waals surface area contributed by atoms with Gasteiger partial charge >= 0.3 is 6.18 Å². The van der Waals surface area contributed by atoms with Crippen LogP contribution < -0.4 is 14.2 Å². The second-order valence-electron chi connectivity index (χ2n) is 9.89. The number of halogens is 4. The molecule has 0 fully saturated rings. The van der Waals surface area contributed by atoms with Crippen LogP contribution in [-0.4, -0.2) is 23.9 Å². The molecule has 4 aromatic carbocycles. The van der Waals surface area contributed by atoms with E-state index in [4.69, 9.17) is 16.3 Å². The predicted molar refractivity (Wildman–Crippen MR) is 183 cm³/mol. The van der Waals surface area contributed by atoms with E-state index in [0.717, 1.165) is 48.9 Å². The lowest BCUT2D eigenvalue weighted by atomic mass is 10.1. The van der Waals surface area contributed by atoms with Crippen molar-refractivity contribution < 1.29 is 34.7 Å². The fourth-order valence-electron chi connectivity index (χ4n) is 4.23. The number of alkyl halides is 3. The molecule has 256 valence electrons. The van der Waals surface area contributed by atoms with Crippen LogP contribution in [0.3, 0.4) is 0 Å². The van der Waals surface area contributed by atoms with Crippen molar-refractivity contribution in [2.75, 3.05) is 16.6 Å². The maximum atomic E-state index is 12.9. The molecule has 0 aliphatic rings. The molecule has 0 aliphatic heterocycles. The third kappa shape index (κ3) is 11.8. The van der Waals surface area contributed by atoms with Crippen molar-refractivity contribution in [3.8, 4) is 5.75 Å². The van der Waals surface area contributed by atoms with Crippen LogP contribution in [0, 0.1) is 0 Å². The summed E-state index contributed by atoms with van der Waals surface area (Å²) in [6, 6.07) is 22.2. The second-order valence-corrected chi connectivity index (χ2v) is 13.7. The van der Waals surface area contributed by atoms with Crippen LogP contribution in [0.4, 0.5) is 24.5 Å². The van der Waals surface area contributed by atoms with E-state index in [1.807, 2.05) is 37.6 Å². The normalized spacial score (nSPS) is 11.3. The summed E-state index contributed by atoms with van der Waals surface area (Å²) in [5.41, 5.74) is 0.889. The quantitative estimate of drug-likeness (QED) is 0.161. The Balaban J connectivity index is 0.000000311. The molecule has 0 unspecified atom stereocenters. The van der Waals surface area contributed by atoms with E-state index in [0.29, 0.717) is 16.5 Å². The number of benzene rings is 4. The molecule has 2 N–H and O–H groups in total. The first-order chi connectivity index (χ1) is 22.2. The van der Waals surface area contributed by atoms with Crippen molar-refractivity contribution in [1.82, 2.24) is 0 Å². The molecule has 0 aliphatic carbocycles. The number of sulfonamides is 2. The van der Waals surface area contributed by atoms with Crippen molar-refractivity contribution in [1.29, 1.82) is 0 Å². The second kappa shape index (κ2) is 18.0. The standard InChI is InChI=1S/C16H18ClNO3S.C16H16F3NO2S.C2H6/c1-3-4-12-5-8-14(9-6-12)22(19,20)18-15-11-13(17)7-10-16(15)21-2;1-2-5-12-8-10-13(11-9-12)23(21,22)20-15-7-4-3-6-14(15)16(17,18)19;1-2/h5-11,18H,3-4H2,1-2H3;3-4,6-11,20H,2,5H2,1H3;1-2H3. The first-order valence-electron chi connectivity index (χ1n) is 14.9. The predicted octanol–water partition coefficient (Wildman–Crippen LogP) is 9.59. The van der Waals surface area contributed by atoms with E-state index in [1.165, 1.54) is 37.4 Å². The van der Waals surface area contributed by atoms with E-state index in [9.17, 15) is 30.0 Å². The smallest absolute Gasteiger partial charge is 0.418 e. The lowest BCUT2D eigenvalue weighted by Crippen LogP contribution is -2.17.